The van der Waals surface area contributed by atoms with E-state index in [0.29, 0.717) is 22.9 Å². The molecule has 4 rings (SSSR count). The quantitative estimate of drug-likeness (QED) is 0.759. The molecule has 0 saturated carbocycles. The number of rotatable bonds is 2. The van der Waals surface area contributed by atoms with Crippen LogP contribution in [-0.2, 0) is 6.54 Å². The average molecular weight is 326 g/mol. The lowest BCUT2D eigenvalue weighted by Gasteiger charge is -2.23. The van der Waals surface area contributed by atoms with Gasteiger partial charge in [-0.1, -0.05) is 6.07 Å². The fourth-order valence-electron chi connectivity index (χ4n) is 2.85. The lowest BCUT2D eigenvalue weighted by molar-refractivity contribution is 0.0907. The van der Waals surface area contributed by atoms with E-state index in [-0.39, 0.29) is 17.9 Å². The van der Waals surface area contributed by atoms with Crippen molar-refractivity contribution in [3.05, 3.63) is 47.1 Å². The second-order valence-corrected chi connectivity index (χ2v) is 6.47. The molecule has 1 aliphatic heterocycles. The van der Waals surface area contributed by atoms with Gasteiger partial charge in [-0.25, -0.2) is 4.98 Å². The van der Waals surface area contributed by atoms with E-state index in [9.17, 15) is 9.59 Å². The molecule has 7 heteroatoms. The normalized spacial score (nSPS) is 16.9. The van der Waals surface area contributed by atoms with E-state index in [4.69, 9.17) is 0 Å². The predicted molar refractivity (Wildman–Crippen MR) is 88.9 cm³/mol. The highest BCUT2D eigenvalue weighted by Gasteiger charge is 2.24. The van der Waals surface area contributed by atoms with Crippen molar-refractivity contribution in [3.8, 4) is 0 Å². The Bertz CT molecular complexity index is 914. The fourth-order valence-corrected chi connectivity index (χ4v) is 3.38. The van der Waals surface area contributed by atoms with Crippen molar-refractivity contribution >= 4 is 39.2 Å². The van der Waals surface area contributed by atoms with Gasteiger partial charge in [0.25, 0.3) is 11.8 Å². The smallest absolute Gasteiger partial charge is 0.268 e. The van der Waals surface area contributed by atoms with Gasteiger partial charge in [0.1, 0.15) is 5.69 Å². The molecule has 0 fully saturated rings. The Morgan fingerprint density at radius 2 is 2.30 bits per heavy atom. The predicted octanol–water partition coefficient (Wildman–Crippen LogP) is 2.48. The highest BCUT2D eigenvalue weighted by molar-refractivity contribution is 7.13. The van der Waals surface area contributed by atoms with E-state index >= 15 is 0 Å². The summed E-state index contributed by atoms with van der Waals surface area (Å²) in [6.45, 7) is 2.66. The number of fused-ring (bicyclic) bond motifs is 3. The molecule has 0 bridgehead atoms. The van der Waals surface area contributed by atoms with Crippen LogP contribution in [0.15, 0.2) is 35.8 Å². The molecule has 2 N–H and O–H groups in total. The van der Waals surface area contributed by atoms with Gasteiger partial charge in [-0.3, -0.25) is 14.9 Å². The van der Waals surface area contributed by atoms with Crippen molar-refractivity contribution in [2.24, 2.45) is 0 Å². The molecule has 3 aromatic rings. The van der Waals surface area contributed by atoms with E-state index in [1.54, 1.807) is 12.3 Å². The zero-order chi connectivity index (χ0) is 16.0. The number of thiazole rings is 1. The first kappa shape index (κ1) is 14.0. The van der Waals surface area contributed by atoms with Gasteiger partial charge in [0.15, 0.2) is 5.13 Å². The van der Waals surface area contributed by atoms with Gasteiger partial charge in [0, 0.05) is 40.6 Å². The Balaban J connectivity index is 1.74. The maximum Gasteiger partial charge on any atom is 0.268 e. The summed E-state index contributed by atoms with van der Waals surface area (Å²) in [7, 11) is 0. The number of hydrogen-bond acceptors (Lipinski definition) is 4. The minimum atomic E-state index is -0.203. The molecule has 2 aromatic heterocycles. The van der Waals surface area contributed by atoms with Gasteiger partial charge in [-0.15, -0.1) is 11.3 Å². The molecule has 1 unspecified atom stereocenters. The second kappa shape index (κ2) is 5.20. The third kappa shape index (κ3) is 2.39. The first-order valence-corrected chi connectivity index (χ1v) is 8.15. The van der Waals surface area contributed by atoms with Crippen molar-refractivity contribution in [2.75, 3.05) is 5.32 Å². The minimum Gasteiger partial charge on any atom is -0.347 e. The number of anilines is 1. The van der Waals surface area contributed by atoms with Crippen LogP contribution in [0.1, 0.15) is 27.8 Å². The van der Waals surface area contributed by atoms with Crippen molar-refractivity contribution in [1.82, 2.24) is 14.9 Å². The molecule has 23 heavy (non-hydrogen) atoms. The Morgan fingerprint density at radius 1 is 1.43 bits per heavy atom. The monoisotopic (exact) mass is 326 g/mol. The standard InChI is InChI=1S/C16H14N4O2S/c1-9-8-20-12-7-11(14(21)19-16-17-4-5-23-16)3-2-10(12)6-13(20)15(22)18-9/h2-7,9H,8H2,1H3,(H,18,22)(H,17,19,21). The first-order valence-electron chi connectivity index (χ1n) is 7.27. The van der Waals surface area contributed by atoms with Crippen LogP contribution in [0, 0.1) is 0 Å². The molecule has 1 aromatic carbocycles. The van der Waals surface area contributed by atoms with Crippen LogP contribution < -0.4 is 10.6 Å². The third-order valence-electron chi connectivity index (χ3n) is 3.89. The molecule has 3 heterocycles. The summed E-state index contributed by atoms with van der Waals surface area (Å²) >= 11 is 1.37. The van der Waals surface area contributed by atoms with Gasteiger partial charge in [0.2, 0.25) is 0 Å². The van der Waals surface area contributed by atoms with Crippen LogP contribution in [0.2, 0.25) is 0 Å². The lowest BCUT2D eigenvalue weighted by atomic mass is 10.1. The fraction of sp³-hybridized carbons (Fsp3) is 0.188. The SMILES string of the molecule is CC1Cn2c(cc3ccc(C(=O)Nc4nccs4)cc32)C(=O)N1. The molecule has 0 radical (unpaired) electrons. The average Bonchev–Trinajstić information content (AvgIpc) is 3.14. The van der Waals surface area contributed by atoms with Gasteiger partial charge in [0.05, 0.1) is 0 Å². The van der Waals surface area contributed by atoms with Crippen molar-refractivity contribution < 1.29 is 9.59 Å². The molecule has 116 valence electrons. The molecule has 2 amide bonds. The maximum atomic E-state index is 12.3. The largest absolute Gasteiger partial charge is 0.347 e. The van der Waals surface area contributed by atoms with Crippen LogP contribution >= 0.6 is 11.3 Å². The van der Waals surface area contributed by atoms with Crippen molar-refractivity contribution in [3.63, 3.8) is 0 Å². The highest BCUT2D eigenvalue weighted by Crippen LogP contribution is 2.24. The van der Waals surface area contributed by atoms with Gasteiger partial charge in [-0.2, -0.15) is 0 Å². The number of carbonyl (C=O) groups excluding carboxylic acids is 2. The number of benzene rings is 1. The van der Waals surface area contributed by atoms with Crippen molar-refractivity contribution in [1.29, 1.82) is 0 Å². The van der Waals surface area contributed by atoms with E-state index in [0.717, 1.165) is 10.9 Å². The summed E-state index contributed by atoms with van der Waals surface area (Å²) in [5, 5.41) is 9.02. The maximum absolute atomic E-state index is 12.3. The summed E-state index contributed by atoms with van der Waals surface area (Å²) in [6, 6.07) is 7.39. The molecule has 6 nitrogen and oxygen atoms in total. The van der Waals surface area contributed by atoms with Gasteiger partial charge in [-0.05, 0) is 25.1 Å². The zero-order valence-corrected chi connectivity index (χ0v) is 13.2. The zero-order valence-electron chi connectivity index (χ0n) is 12.4. The Hall–Kier alpha value is -2.67. The van der Waals surface area contributed by atoms with Crippen LogP contribution in [0.4, 0.5) is 5.13 Å². The van der Waals surface area contributed by atoms with Gasteiger partial charge < -0.3 is 9.88 Å². The second-order valence-electron chi connectivity index (χ2n) is 5.58. The highest BCUT2D eigenvalue weighted by atomic mass is 32.1. The molecule has 1 aliphatic rings. The van der Waals surface area contributed by atoms with E-state index in [1.165, 1.54) is 11.3 Å². The molecular weight excluding hydrogens is 312 g/mol. The summed E-state index contributed by atoms with van der Waals surface area (Å²) in [4.78, 5) is 28.5. The van der Waals surface area contributed by atoms with Crippen LogP contribution in [-0.4, -0.2) is 27.4 Å². The van der Waals surface area contributed by atoms with Gasteiger partial charge >= 0.3 is 0 Å². The molecule has 1 atom stereocenters. The lowest BCUT2D eigenvalue weighted by Crippen LogP contribution is -2.42. The first-order chi connectivity index (χ1) is 11.1. The Labute approximate surface area is 136 Å². The third-order valence-corrected chi connectivity index (χ3v) is 4.57. The molecule has 0 saturated heterocycles. The van der Waals surface area contributed by atoms with E-state index < -0.39 is 0 Å². The number of nitrogens with zero attached hydrogens (tertiary/aromatic N) is 2. The van der Waals surface area contributed by atoms with Crippen molar-refractivity contribution in [2.45, 2.75) is 19.5 Å². The molecule has 0 aliphatic carbocycles. The Morgan fingerprint density at radius 3 is 3.09 bits per heavy atom. The summed E-state index contributed by atoms with van der Waals surface area (Å²) in [5.74, 6) is -0.278. The number of carbonyl (C=O) groups is 2. The van der Waals surface area contributed by atoms with Crippen LogP contribution in [0.5, 0.6) is 0 Å². The van der Waals surface area contributed by atoms with Crippen LogP contribution in [0.25, 0.3) is 10.9 Å². The number of amides is 2. The van der Waals surface area contributed by atoms with E-state index in [2.05, 4.69) is 15.6 Å². The number of aromatic nitrogens is 2. The molecular formula is C16H14N4O2S. The minimum absolute atomic E-state index is 0.0680. The number of hydrogen-bond donors (Lipinski definition) is 2. The van der Waals surface area contributed by atoms with E-state index in [1.807, 2.05) is 35.1 Å². The van der Waals surface area contributed by atoms with Crippen LogP contribution in [0.3, 0.4) is 0 Å². The summed E-state index contributed by atoms with van der Waals surface area (Å²) < 4.78 is 1.97. The molecule has 0 spiro atoms. The number of nitrogens with one attached hydrogen (secondary N) is 2. The summed E-state index contributed by atoms with van der Waals surface area (Å²) in [6.07, 6.45) is 1.65. The Kier molecular flexibility index (Phi) is 3.16. The topological polar surface area (TPSA) is 76.0 Å². The summed E-state index contributed by atoms with van der Waals surface area (Å²) in [5.41, 5.74) is 2.08.